The number of ether oxygens (including phenoxy) is 1. The van der Waals surface area contributed by atoms with Crippen LogP contribution in [0.1, 0.15) is 5.56 Å². The summed E-state index contributed by atoms with van der Waals surface area (Å²) < 4.78 is 5.02. The van der Waals surface area contributed by atoms with Crippen LogP contribution in [-0.4, -0.2) is 18.4 Å². The highest BCUT2D eigenvalue weighted by atomic mass is 17.2. The first-order chi connectivity index (χ1) is 7.77. The number of hydrogen-bond acceptors (Lipinski definition) is 4. The Morgan fingerprint density at radius 2 is 2.19 bits per heavy atom. The molecular weight excluding hydrogens is 210 g/mol. The molecule has 1 aromatic rings. The third-order valence-corrected chi connectivity index (χ3v) is 2.45. The van der Waals surface area contributed by atoms with E-state index in [2.05, 4.69) is 5.32 Å². The van der Waals surface area contributed by atoms with Crippen molar-refractivity contribution in [1.82, 2.24) is 5.32 Å². The van der Waals surface area contributed by atoms with Crippen molar-refractivity contribution in [2.45, 2.75) is 5.79 Å². The number of rotatable bonds is 0. The largest absolute Gasteiger partial charge is 0.410 e. The van der Waals surface area contributed by atoms with Gasteiger partial charge in [0.25, 0.3) is 5.79 Å². The summed E-state index contributed by atoms with van der Waals surface area (Å²) in [6.07, 6.45) is 2.96. The normalized spacial score (nSPS) is 26.6. The van der Waals surface area contributed by atoms with Gasteiger partial charge in [0, 0.05) is 5.56 Å². The SMILES string of the molecule is O=C1NCC2(C=Cc3ccccc3OO2)O1. The number of benzene rings is 1. The Morgan fingerprint density at radius 1 is 1.31 bits per heavy atom. The molecule has 0 aromatic heterocycles. The Balaban J connectivity index is 1.94. The zero-order valence-electron chi connectivity index (χ0n) is 8.30. The van der Waals surface area contributed by atoms with Crippen LogP contribution in [-0.2, 0) is 9.62 Å². The Bertz CT molecular complexity index is 471. The van der Waals surface area contributed by atoms with Crippen molar-refractivity contribution < 1.29 is 19.3 Å². The Morgan fingerprint density at radius 3 is 3.00 bits per heavy atom. The molecule has 2 aliphatic rings. The van der Waals surface area contributed by atoms with E-state index < -0.39 is 11.9 Å². The zero-order chi connectivity index (χ0) is 11.0. The summed E-state index contributed by atoms with van der Waals surface area (Å²) >= 11 is 0. The van der Waals surface area contributed by atoms with Gasteiger partial charge in [0.05, 0.1) is 6.54 Å². The van der Waals surface area contributed by atoms with Crippen LogP contribution in [0.2, 0.25) is 0 Å². The van der Waals surface area contributed by atoms with Crippen LogP contribution in [0.3, 0.4) is 0 Å². The molecule has 0 saturated carbocycles. The van der Waals surface area contributed by atoms with Gasteiger partial charge < -0.3 is 14.9 Å². The fourth-order valence-corrected chi connectivity index (χ4v) is 1.62. The maximum Gasteiger partial charge on any atom is 0.410 e. The fourth-order valence-electron chi connectivity index (χ4n) is 1.62. The number of nitrogens with one attached hydrogen (secondary N) is 1. The second kappa shape index (κ2) is 3.24. The summed E-state index contributed by atoms with van der Waals surface area (Å²) in [7, 11) is 0. The van der Waals surface area contributed by atoms with Crippen molar-refractivity contribution in [3.8, 4) is 5.75 Å². The van der Waals surface area contributed by atoms with Crippen molar-refractivity contribution >= 4 is 12.2 Å². The maximum absolute atomic E-state index is 11.0. The molecule has 1 N–H and O–H groups in total. The first kappa shape index (κ1) is 9.23. The van der Waals surface area contributed by atoms with Crippen LogP contribution in [0.25, 0.3) is 6.08 Å². The number of fused-ring (bicyclic) bond motifs is 1. The molecule has 1 spiro atoms. The van der Waals surface area contributed by atoms with Crippen LogP contribution in [0.15, 0.2) is 30.3 Å². The van der Waals surface area contributed by atoms with E-state index in [0.717, 1.165) is 5.56 Å². The van der Waals surface area contributed by atoms with Gasteiger partial charge in [0.15, 0.2) is 5.75 Å². The lowest BCUT2D eigenvalue weighted by atomic mass is 10.1. The molecule has 0 radical (unpaired) electrons. The Hall–Kier alpha value is -2.01. The van der Waals surface area contributed by atoms with Gasteiger partial charge >= 0.3 is 6.09 Å². The standard InChI is InChI=1S/C11H9NO4/c13-10-12-7-11(14-10)6-5-8-3-1-2-4-9(8)15-16-11/h1-6H,7H2,(H,12,13). The summed E-state index contributed by atoms with van der Waals surface area (Å²) in [6.45, 7) is 0.232. The minimum atomic E-state index is -1.16. The summed E-state index contributed by atoms with van der Waals surface area (Å²) in [5.74, 6) is -0.561. The van der Waals surface area contributed by atoms with Crippen LogP contribution >= 0.6 is 0 Å². The zero-order valence-corrected chi connectivity index (χ0v) is 8.30. The fraction of sp³-hybridized carbons (Fsp3) is 0.182. The van der Waals surface area contributed by atoms with Gasteiger partial charge in [-0.15, -0.1) is 4.89 Å². The quantitative estimate of drug-likeness (QED) is 0.671. The second-order valence-corrected chi connectivity index (χ2v) is 3.59. The minimum Gasteiger partial charge on any atom is -0.407 e. The molecule has 1 fully saturated rings. The molecule has 0 aliphatic carbocycles. The number of hydrogen-bond donors (Lipinski definition) is 1. The maximum atomic E-state index is 11.0. The molecule has 2 heterocycles. The molecule has 16 heavy (non-hydrogen) atoms. The van der Waals surface area contributed by atoms with Crippen molar-refractivity contribution in [2.75, 3.05) is 6.54 Å². The van der Waals surface area contributed by atoms with Crippen molar-refractivity contribution in [3.63, 3.8) is 0 Å². The molecule has 1 atom stereocenters. The van der Waals surface area contributed by atoms with Crippen molar-refractivity contribution in [2.24, 2.45) is 0 Å². The first-order valence-electron chi connectivity index (χ1n) is 4.88. The highest BCUT2D eigenvalue weighted by Crippen LogP contribution is 2.29. The lowest BCUT2D eigenvalue weighted by molar-refractivity contribution is -0.329. The van der Waals surface area contributed by atoms with E-state index in [1.807, 2.05) is 24.3 Å². The lowest BCUT2D eigenvalue weighted by Gasteiger charge is -2.18. The Labute approximate surface area is 91.5 Å². The van der Waals surface area contributed by atoms with E-state index in [1.165, 1.54) is 0 Å². The molecule has 1 saturated heterocycles. The van der Waals surface area contributed by atoms with E-state index in [1.54, 1.807) is 12.1 Å². The number of alkyl carbamates (subject to hydrolysis) is 1. The van der Waals surface area contributed by atoms with E-state index in [0.29, 0.717) is 5.75 Å². The summed E-state index contributed by atoms with van der Waals surface area (Å²) in [5, 5.41) is 2.52. The number of carbonyl (C=O) groups excluding carboxylic acids is 1. The smallest absolute Gasteiger partial charge is 0.407 e. The van der Waals surface area contributed by atoms with Crippen LogP contribution in [0.4, 0.5) is 4.79 Å². The summed E-state index contributed by atoms with van der Waals surface area (Å²) in [4.78, 5) is 21.3. The predicted molar refractivity (Wildman–Crippen MR) is 54.4 cm³/mol. The molecule has 1 unspecified atom stereocenters. The second-order valence-electron chi connectivity index (χ2n) is 3.59. The average Bonchev–Trinajstić information content (AvgIpc) is 2.56. The number of carbonyl (C=O) groups is 1. The van der Waals surface area contributed by atoms with Gasteiger partial charge in [-0.25, -0.2) is 4.79 Å². The number of amides is 1. The van der Waals surface area contributed by atoms with Gasteiger partial charge in [0.1, 0.15) is 0 Å². The summed E-state index contributed by atoms with van der Waals surface area (Å²) in [6, 6.07) is 7.40. The van der Waals surface area contributed by atoms with Gasteiger partial charge in [0.2, 0.25) is 0 Å². The van der Waals surface area contributed by atoms with Gasteiger partial charge in [-0.1, -0.05) is 18.2 Å². The van der Waals surface area contributed by atoms with E-state index >= 15 is 0 Å². The highest BCUT2D eigenvalue weighted by Gasteiger charge is 2.42. The topological polar surface area (TPSA) is 56.8 Å². The monoisotopic (exact) mass is 219 g/mol. The van der Waals surface area contributed by atoms with Crippen LogP contribution in [0.5, 0.6) is 5.75 Å². The van der Waals surface area contributed by atoms with E-state index in [4.69, 9.17) is 14.5 Å². The van der Waals surface area contributed by atoms with Gasteiger partial charge in [-0.05, 0) is 18.2 Å². The highest BCUT2D eigenvalue weighted by molar-refractivity contribution is 5.71. The molecular formula is C11H9NO4. The molecule has 82 valence electrons. The van der Waals surface area contributed by atoms with Crippen molar-refractivity contribution in [1.29, 1.82) is 0 Å². The van der Waals surface area contributed by atoms with Crippen molar-refractivity contribution in [3.05, 3.63) is 35.9 Å². The molecule has 2 aliphatic heterocycles. The number of para-hydroxylation sites is 1. The van der Waals surface area contributed by atoms with E-state index in [-0.39, 0.29) is 6.54 Å². The molecule has 1 amide bonds. The molecule has 5 heteroatoms. The third kappa shape index (κ3) is 1.42. The minimum absolute atomic E-state index is 0.232. The lowest BCUT2D eigenvalue weighted by Crippen LogP contribution is -2.35. The summed E-state index contributed by atoms with van der Waals surface area (Å²) in [5.41, 5.74) is 0.877. The predicted octanol–water partition coefficient (Wildman–Crippen LogP) is 1.46. The first-order valence-corrected chi connectivity index (χ1v) is 4.88. The van der Waals surface area contributed by atoms with Gasteiger partial charge in [-0.3, -0.25) is 0 Å². The molecule has 5 nitrogen and oxygen atoms in total. The van der Waals surface area contributed by atoms with Crippen LogP contribution in [0, 0.1) is 0 Å². The van der Waals surface area contributed by atoms with Gasteiger partial charge in [-0.2, -0.15) is 0 Å². The molecule has 1 aromatic carbocycles. The average molecular weight is 219 g/mol. The third-order valence-electron chi connectivity index (χ3n) is 2.45. The molecule has 3 rings (SSSR count). The van der Waals surface area contributed by atoms with Crippen LogP contribution < -0.4 is 10.2 Å². The Kier molecular flexibility index (Phi) is 1.87. The van der Waals surface area contributed by atoms with E-state index in [9.17, 15) is 4.79 Å². The molecule has 0 bridgehead atoms.